The van der Waals surface area contributed by atoms with Gasteiger partial charge in [0.25, 0.3) is 0 Å². The molecule has 0 saturated carbocycles. The summed E-state index contributed by atoms with van der Waals surface area (Å²) in [4.78, 5) is 4.26. The van der Waals surface area contributed by atoms with E-state index in [1.165, 1.54) is 12.0 Å². The van der Waals surface area contributed by atoms with Crippen LogP contribution < -0.4 is 0 Å². The van der Waals surface area contributed by atoms with Crippen molar-refractivity contribution in [2.75, 3.05) is 0 Å². The van der Waals surface area contributed by atoms with Crippen molar-refractivity contribution in [3.63, 3.8) is 0 Å². The van der Waals surface area contributed by atoms with Gasteiger partial charge in [-0.3, -0.25) is 4.98 Å². The number of nitrogens with zero attached hydrogens (tertiary/aromatic N) is 1. The van der Waals surface area contributed by atoms with Crippen LogP contribution in [0.25, 0.3) is 6.08 Å². The summed E-state index contributed by atoms with van der Waals surface area (Å²) in [6.07, 6.45) is 10.8. The maximum atomic E-state index is 4.26. The van der Waals surface area contributed by atoms with E-state index >= 15 is 0 Å². The van der Waals surface area contributed by atoms with Crippen LogP contribution in [0.3, 0.4) is 0 Å². The quantitative estimate of drug-likeness (QED) is 0.660. The first kappa shape index (κ1) is 12.7. The molecule has 0 aliphatic heterocycles. The Morgan fingerprint density at radius 2 is 2.19 bits per heavy atom. The molecule has 1 atom stereocenters. The van der Waals surface area contributed by atoms with E-state index in [0.717, 1.165) is 12.1 Å². The van der Waals surface area contributed by atoms with Crippen molar-refractivity contribution in [3.8, 4) is 0 Å². The SMILES string of the molecule is CC(C)=CCCC(C)C=Cc1ccccn1. The van der Waals surface area contributed by atoms with E-state index in [2.05, 4.69) is 44.0 Å². The molecule has 0 spiro atoms. The smallest absolute Gasteiger partial charge is 0.0626 e. The first-order valence-corrected chi connectivity index (χ1v) is 5.91. The molecular formula is C15H21N. The molecule has 1 aromatic rings. The zero-order chi connectivity index (χ0) is 11.8. The van der Waals surface area contributed by atoms with Crippen molar-refractivity contribution >= 4 is 6.08 Å². The first-order chi connectivity index (χ1) is 7.68. The first-order valence-electron chi connectivity index (χ1n) is 5.91. The average molecular weight is 215 g/mol. The van der Waals surface area contributed by atoms with Gasteiger partial charge in [-0.2, -0.15) is 0 Å². The molecule has 0 amide bonds. The summed E-state index contributed by atoms with van der Waals surface area (Å²) in [6, 6.07) is 5.98. The van der Waals surface area contributed by atoms with Crippen LogP contribution in [-0.4, -0.2) is 4.98 Å². The normalized spacial score (nSPS) is 12.7. The number of hydrogen-bond acceptors (Lipinski definition) is 1. The maximum absolute atomic E-state index is 4.26. The number of rotatable bonds is 5. The predicted molar refractivity (Wildman–Crippen MR) is 71.1 cm³/mol. The standard InChI is InChI=1S/C15H21N/c1-13(2)7-6-8-14(3)10-11-15-9-4-5-12-16-15/h4-5,7,9-12,14H,6,8H2,1-3H3. The van der Waals surface area contributed by atoms with E-state index in [1.807, 2.05) is 24.4 Å². The summed E-state index contributed by atoms with van der Waals surface area (Å²) >= 11 is 0. The second-order valence-electron chi connectivity index (χ2n) is 4.45. The molecule has 86 valence electrons. The molecule has 0 saturated heterocycles. The minimum Gasteiger partial charge on any atom is -0.257 e. The number of allylic oxidation sites excluding steroid dienone is 3. The second kappa shape index (κ2) is 7.00. The van der Waals surface area contributed by atoms with Crippen molar-refractivity contribution in [2.45, 2.75) is 33.6 Å². The predicted octanol–water partition coefficient (Wildman–Crippen LogP) is 4.48. The van der Waals surface area contributed by atoms with Crippen molar-refractivity contribution < 1.29 is 0 Å². The highest BCUT2D eigenvalue weighted by atomic mass is 14.6. The van der Waals surface area contributed by atoms with Crippen LogP contribution >= 0.6 is 0 Å². The molecule has 1 heteroatoms. The number of hydrogen-bond donors (Lipinski definition) is 0. The van der Waals surface area contributed by atoms with Crippen molar-refractivity contribution in [1.82, 2.24) is 4.98 Å². The van der Waals surface area contributed by atoms with Crippen LogP contribution in [0.2, 0.25) is 0 Å². The Balaban J connectivity index is 2.37. The minimum atomic E-state index is 0.609. The number of aromatic nitrogens is 1. The van der Waals surface area contributed by atoms with Crippen LogP contribution in [0.15, 0.2) is 42.1 Å². The Kier molecular flexibility index (Phi) is 5.55. The van der Waals surface area contributed by atoms with E-state index in [4.69, 9.17) is 0 Å². The third-order valence-electron chi connectivity index (χ3n) is 2.46. The van der Waals surface area contributed by atoms with E-state index in [1.54, 1.807) is 0 Å². The fourth-order valence-electron chi connectivity index (χ4n) is 1.47. The van der Waals surface area contributed by atoms with Crippen LogP contribution in [0.5, 0.6) is 0 Å². The lowest BCUT2D eigenvalue weighted by Gasteiger charge is -2.03. The largest absolute Gasteiger partial charge is 0.257 e. The summed E-state index contributed by atoms with van der Waals surface area (Å²) in [5, 5.41) is 0. The highest BCUT2D eigenvalue weighted by Crippen LogP contribution is 2.10. The Labute approximate surface area is 98.9 Å². The molecule has 0 aliphatic rings. The van der Waals surface area contributed by atoms with E-state index in [0.29, 0.717) is 5.92 Å². The lowest BCUT2D eigenvalue weighted by molar-refractivity contribution is 0.659. The summed E-state index contributed by atoms with van der Waals surface area (Å²) < 4.78 is 0. The lowest BCUT2D eigenvalue weighted by Crippen LogP contribution is -1.88. The van der Waals surface area contributed by atoms with Gasteiger partial charge >= 0.3 is 0 Å². The van der Waals surface area contributed by atoms with Gasteiger partial charge in [0.05, 0.1) is 5.69 Å². The molecule has 1 heterocycles. The Morgan fingerprint density at radius 3 is 2.81 bits per heavy atom. The van der Waals surface area contributed by atoms with Gasteiger partial charge in [0, 0.05) is 6.20 Å². The molecule has 16 heavy (non-hydrogen) atoms. The monoisotopic (exact) mass is 215 g/mol. The van der Waals surface area contributed by atoms with Crippen molar-refractivity contribution in [3.05, 3.63) is 47.8 Å². The average Bonchev–Trinajstić information content (AvgIpc) is 2.27. The molecule has 0 aliphatic carbocycles. The fourth-order valence-corrected chi connectivity index (χ4v) is 1.47. The zero-order valence-electron chi connectivity index (χ0n) is 10.5. The van der Waals surface area contributed by atoms with Gasteiger partial charge in [-0.1, -0.05) is 30.7 Å². The number of pyridine rings is 1. The molecule has 0 radical (unpaired) electrons. The molecule has 0 N–H and O–H groups in total. The van der Waals surface area contributed by atoms with E-state index in [-0.39, 0.29) is 0 Å². The molecule has 1 aromatic heterocycles. The van der Waals surface area contributed by atoms with Crippen LogP contribution in [0.1, 0.15) is 39.3 Å². The fraction of sp³-hybridized carbons (Fsp3) is 0.400. The molecule has 1 rings (SSSR count). The van der Waals surface area contributed by atoms with Crippen molar-refractivity contribution in [1.29, 1.82) is 0 Å². The van der Waals surface area contributed by atoms with Gasteiger partial charge in [-0.15, -0.1) is 0 Å². The van der Waals surface area contributed by atoms with Gasteiger partial charge in [-0.05, 0) is 50.8 Å². The lowest BCUT2D eigenvalue weighted by atomic mass is 10.0. The topological polar surface area (TPSA) is 12.9 Å². The van der Waals surface area contributed by atoms with Crippen LogP contribution in [-0.2, 0) is 0 Å². The second-order valence-corrected chi connectivity index (χ2v) is 4.45. The highest BCUT2D eigenvalue weighted by Gasteiger charge is 1.95. The van der Waals surface area contributed by atoms with Gasteiger partial charge in [0.2, 0.25) is 0 Å². The minimum absolute atomic E-state index is 0.609. The van der Waals surface area contributed by atoms with Crippen molar-refractivity contribution in [2.24, 2.45) is 5.92 Å². The van der Waals surface area contributed by atoms with Gasteiger partial charge in [0.15, 0.2) is 0 Å². The van der Waals surface area contributed by atoms with E-state index < -0.39 is 0 Å². The molecule has 0 fully saturated rings. The maximum Gasteiger partial charge on any atom is 0.0626 e. The van der Waals surface area contributed by atoms with Gasteiger partial charge in [-0.25, -0.2) is 0 Å². The van der Waals surface area contributed by atoms with Crippen LogP contribution in [0.4, 0.5) is 0 Å². The molecule has 1 nitrogen and oxygen atoms in total. The molecular weight excluding hydrogens is 194 g/mol. The van der Waals surface area contributed by atoms with E-state index in [9.17, 15) is 0 Å². The van der Waals surface area contributed by atoms with Gasteiger partial charge < -0.3 is 0 Å². The summed E-state index contributed by atoms with van der Waals surface area (Å²) in [5.41, 5.74) is 2.44. The summed E-state index contributed by atoms with van der Waals surface area (Å²) in [6.45, 7) is 6.54. The summed E-state index contributed by atoms with van der Waals surface area (Å²) in [5.74, 6) is 0.609. The third-order valence-corrected chi connectivity index (χ3v) is 2.46. The Bertz CT molecular complexity index is 345. The molecule has 0 aromatic carbocycles. The molecule has 1 unspecified atom stereocenters. The third kappa shape index (κ3) is 5.50. The summed E-state index contributed by atoms with van der Waals surface area (Å²) in [7, 11) is 0. The van der Waals surface area contributed by atoms with Gasteiger partial charge in [0.1, 0.15) is 0 Å². The Hall–Kier alpha value is -1.37. The molecule has 0 bridgehead atoms. The highest BCUT2D eigenvalue weighted by molar-refractivity contribution is 5.43. The Morgan fingerprint density at radius 1 is 1.38 bits per heavy atom. The van der Waals surface area contributed by atoms with Crippen LogP contribution in [0, 0.1) is 5.92 Å². The zero-order valence-corrected chi connectivity index (χ0v) is 10.5.